The van der Waals surface area contributed by atoms with Crippen LogP contribution < -0.4 is 4.90 Å². The summed E-state index contributed by atoms with van der Waals surface area (Å²) in [5.41, 5.74) is 1.06. The number of nitrogens with zero attached hydrogens (tertiary/aromatic N) is 3. The van der Waals surface area contributed by atoms with Crippen molar-refractivity contribution in [1.29, 1.82) is 0 Å². The minimum atomic E-state index is 0.233. The van der Waals surface area contributed by atoms with E-state index in [0.717, 1.165) is 41.7 Å². The number of amides is 1. The van der Waals surface area contributed by atoms with E-state index in [1.807, 2.05) is 34.5 Å². The number of aromatic nitrogens is 1. The van der Waals surface area contributed by atoms with Gasteiger partial charge in [-0.3, -0.25) is 4.79 Å². The van der Waals surface area contributed by atoms with Crippen LogP contribution in [0.15, 0.2) is 41.8 Å². The molecule has 118 valence electrons. The van der Waals surface area contributed by atoms with Crippen LogP contribution in [0.1, 0.15) is 4.88 Å². The lowest BCUT2D eigenvalue weighted by atomic mass is 10.2. The van der Waals surface area contributed by atoms with Crippen LogP contribution in [0, 0.1) is 0 Å². The lowest BCUT2D eigenvalue weighted by Gasteiger charge is -2.34. The first-order valence-electron chi connectivity index (χ1n) is 7.70. The fourth-order valence-corrected chi connectivity index (χ4v) is 4.53. The molecule has 0 unspecified atom stereocenters. The average Bonchev–Trinajstić information content (AvgIpc) is 3.24. The molecule has 2 aromatic heterocycles. The van der Waals surface area contributed by atoms with Gasteiger partial charge in [0.1, 0.15) is 0 Å². The fourth-order valence-electron chi connectivity index (χ4n) is 2.82. The average molecular weight is 343 g/mol. The van der Waals surface area contributed by atoms with Gasteiger partial charge in [0.2, 0.25) is 5.91 Å². The van der Waals surface area contributed by atoms with E-state index in [2.05, 4.69) is 17.0 Å². The van der Waals surface area contributed by atoms with Gasteiger partial charge in [0.25, 0.3) is 0 Å². The number of thiazole rings is 1. The Morgan fingerprint density at radius 2 is 1.91 bits per heavy atom. The Morgan fingerprint density at radius 3 is 2.65 bits per heavy atom. The van der Waals surface area contributed by atoms with Crippen LogP contribution in [-0.2, 0) is 11.2 Å². The van der Waals surface area contributed by atoms with Gasteiger partial charge in [0.05, 0.1) is 16.6 Å². The third-order valence-electron chi connectivity index (χ3n) is 4.09. The first-order valence-corrected chi connectivity index (χ1v) is 9.40. The molecule has 1 fully saturated rings. The molecular weight excluding hydrogens is 326 g/mol. The summed E-state index contributed by atoms with van der Waals surface area (Å²) in [6, 6.07) is 12.3. The maximum atomic E-state index is 12.4. The van der Waals surface area contributed by atoms with Crippen LogP contribution in [-0.4, -0.2) is 42.0 Å². The molecule has 0 spiro atoms. The highest BCUT2D eigenvalue weighted by molar-refractivity contribution is 7.22. The second-order valence-electron chi connectivity index (χ2n) is 5.59. The Labute approximate surface area is 143 Å². The number of carbonyl (C=O) groups is 1. The van der Waals surface area contributed by atoms with E-state index in [1.54, 1.807) is 22.7 Å². The second-order valence-corrected chi connectivity index (χ2v) is 7.63. The SMILES string of the molecule is O=C(Cc1cccs1)N1CCN(c2nc3ccccc3s2)CC1. The third-order valence-corrected chi connectivity index (χ3v) is 6.06. The van der Waals surface area contributed by atoms with Gasteiger partial charge in [0.15, 0.2) is 5.13 Å². The molecule has 3 heterocycles. The molecule has 0 aliphatic carbocycles. The van der Waals surface area contributed by atoms with E-state index in [9.17, 15) is 4.79 Å². The van der Waals surface area contributed by atoms with Crippen LogP contribution in [0.5, 0.6) is 0 Å². The first kappa shape index (κ1) is 14.7. The number of benzene rings is 1. The highest BCUT2D eigenvalue weighted by atomic mass is 32.1. The van der Waals surface area contributed by atoms with Gasteiger partial charge in [-0.15, -0.1) is 11.3 Å². The summed E-state index contributed by atoms with van der Waals surface area (Å²) in [6.45, 7) is 3.27. The van der Waals surface area contributed by atoms with Crippen LogP contribution in [0.3, 0.4) is 0 Å². The zero-order valence-electron chi connectivity index (χ0n) is 12.6. The van der Waals surface area contributed by atoms with E-state index < -0.39 is 0 Å². The van der Waals surface area contributed by atoms with Crippen molar-refractivity contribution in [2.45, 2.75) is 6.42 Å². The molecule has 3 aromatic rings. The van der Waals surface area contributed by atoms with E-state index in [4.69, 9.17) is 4.98 Å². The van der Waals surface area contributed by atoms with E-state index in [1.165, 1.54) is 4.70 Å². The van der Waals surface area contributed by atoms with Gasteiger partial charge in [-0.2, -0.15) is 0 Å². The largest absolute Gasteiger partial charge is 0.345 e. The Balaban J connectivity index is 1.39. The van der Waals surface area contributed by atoms with Gasteiger partial charge in [-0.1, -0.05) is 29.5 Å². The Kier molecular flexibility index (Phi) is 4.01. The van der Waals surface area contributed by atoms with Crippen LogP contribution in [0.25, 0.3) is 10.2 Å². The van der Waals surface area contributed by atoms with Crippen molar-refractivity contribution in [2.24, 2.45) is 0 Å². The molecule has 1 aliphatic heterocycles. The molecule has 6 heteroatoms. The molecule has 0 saturated carbocycles. The molecule has 4 nitrogen and oxygen atoms in total. The van der Waals surface area contributed by atoms with Crippen molar-refractivity contribution >= 4 is 43.9 Å². The minimum absolute atomic E-state index is 0.233. The first-order chi connectivity index (χ1) is 11.3. The lowest BCUT2D eigenvalue weighted by molar-refractivity contribution is -0.130. The monoisotopic (exact) mass is 343 g/mol. The molecule has 1 aliphatic rings. The minimum Gasteiger partial charge on any atom is -0.345 e. The fraction of sp³-hybridized carbons (Fsp3) is 0.294. The summed E-state index contributed by atoms with van der Waals surface area (Å²) in [7, 11) is 0. The standard InChI is InChI=1S/C17H17N3OS2/c21-16(12-13-4-3-11-22-13)19-7-9-20(10-8-19)17-18-14-5-1-2-6-15(14)23-17/h1-6,11H,7-10,12H2. The van der Waals surface area contributed by atoms with E-state index in [0.29, 0.717) is 6.42 Å². The lowest BCUT2D eigenvalue weighted by Crippen LogP contribution is -2.49. The Bertz CT molecular complexity index is 771. The molecule has 0 bridgehead atoms. The van der Waals surface area contributed by atoms with Crippen LogP contribution in [0.4, 0.5) is 5.13 Å². The molecular formula is C17H17N3OS2. The third kappa shape index (κ3) is 3.09. The number of thiophene rings is 1. The number of carbonyl (C=O) groups excluding carboxylic acids is 1. The maximum absolute atomic E-state index is 12.4. The van der Waals surface area contributed by atoms with Gasteiger partial charge >= 0.3 is 0 Å². The number of anilines is 1. The number of piperazine rings is 1. The van der Waals surface area contributed by atoms with Gasteiger partial charge in [-0.25, -0.2) is 4.98 Å². The Hall–Kier alpha value is -1.92. The van der Waals surface area contributed by atoms with Gasteiger partial charge in [0, 0.05) is 31.1 Å². The topological polar surface area (TPSA) is 36.4 Å². The molecule has 1 aromatic carbocycles. The molecule has 0 radical (unpaired) electrons. The van der Waals surface area contributed by atoms with Crippen molar-refractivity contribution in [3.63, 3.8) is 0 Å². The number of hydrogen-bond acceptors (Lipinski definition) is 5. The quantitative estimate of drug-likeness (QED) is 0.732. The van der Waals surface area contributed by atoms with Crippen molar-refractivity contribution < 1.29 is 4.79 Å². The molecule has 1 saturated heterocycles. The predicted octanol–water partition coefficient (Wildman–Crippen LogP) is 3.25. The summed E-state index contributed by atoms with van der Waals surface area (Å²) in [4.78, 5) is 22.5. The summed E-state index contributed by atoms with van der Waals surface area (Å²) < 4.78 is 1.22. The van der Waals surface area contributed by atoms with Crippen molar-refractivity contribution in [3.8, 4) is 0 Å². The van der Waals surface area contributed by atoms with Crippen molar-refractivity contribution in [3.05, 3.63) is 46.7 Å². The summed E-state index contributed by atoms with van der Waals surface area (Å²) >= 11 is 3.38. The molecule has 4 rings (SSSR count). The molecule has 1 amide bonds. The summed E-state index contributed by atoms with van der Waals surface area (Å²) in [5, 5.41) is 3.09. The zero-order valence-corrected chi connectivity index (χ0v) is 14.3. The van der Waals surface area contributed by atoms with E-state index in [-0.39, 0.29) is 5.91 Å². The molecule has 0 N–H and O–H groups in total. The smallest absolute Gasteiger partial charge is 0.227 e. The number of para-hydroxylation sites is 1. The van der Waals surface area contributed by atoms with Crippen molar-refractivity contribution in [1.82, 2.24) is 9.88 Å². The van der Waals surface area contributed by atoms with Crippen molar-refractivity contribution in [2.75, 3.05) is 31.1 Å². The molecule has 23 heavy (non-hydrogen) atoms. The number of fused-ring (bicyclic) bond motifs is 1. The van der Waals surface area contributed by atoms with Crippen LogP contribution in [0.2, 0.25) is 0 Å². The van der Waals surface area contributed by atoms with E-state index >= 15 is 0 Å². The zero-order chi connectivity index (χ0) is 15.6. The maximum Gasteiger partial charge on any atom is 0.227 e. The summed E-state index contributed by atoms with van der Waals surface area (Å²) in [6.07, 6.45) is 0.527. The summed E-state index contributed by atoms with van der Waals surface area (Å²) in [5.74, 6) is 0.233. The van der Waals surface area contributed by atoms with Crippen LogP contribution >= 0.6 is 22.7 Å². The number of hydrogen-bond donors (Lipinski definition) is 0. The second kappa shape index (κ2) is 6.29. The highest BCUT2D eigenvalue weighted by Crippen LogP contribution is 2.29. The predicted molar refractivity (Wildman–Crippen MR) is 96.4 cm³/mol. The normalized spacial score (nSPS) is 15.3. The highest BCUT2D eigenvalue weighted by Gasteiger charge is 2.23. The number of rotatable bonds is 3. The Morgan fingerprint density at radius 1 is 1.09 bits per heavy atom. The molecule has 0 atom stereocenters. The van der Waals surface area contributed by atoms with Gasteiger partial charge in [-0.05, 0) is 23.6 Å². The van der Waals surface area contributed by atoms with Gasteiger partial charge < -0.3 is 9.80 Å².